The maximum Gasteiger partial charge on any atom is 0.123 e. The van der Waals surface area contributed by atoms with E-state index in [0.717, 1.165) is 10.5 Å². The minimum Gasteiger partial charge on any atom is -0.389 e. The van der Waals surface area contributed by atoms with Crippen molar-refractivity contribution in [2.24, 2.45) is 0 Å². The molecule has 2 aromatic rings. The van der Waals surface area contributed by atoms with Gasteiger partial charge in [-0.15, -0.1) is 11.8 Å². The summed E-state index contributed by atoms with van der Waals surface area (Å²) in [6.07, 6.45) is -0.514. The van der Waals surface area contributed by atoms with E-state index < -0.39 is 6.10 Å². The van der Waals surface area contributed by atoms with Crippen LogP contribution in [0.25, 0.3) is 0 Å². The Morgan fingerprint density at radius 1 is 1.30 bits per heavy atom. The average Bonchev–Trinajstić information content (AvgIpc) is 2.45. The molecule has 4 heteroatoms. The van der Waals surface area contributed by atoms with Gasteiger partial charge in [0.05, 0.1) is 17.7 Å². The van der Waals surface area contributed by atoms with Crippen LogP contribution in [0.2, 0.25) is 0 Å². The number of hydrogen-bond acceptors (Lipinski definition) is 3. The van der Waals surface area contributed by atoms with Crippen LogP contribution in [-0.2, 0) is 5.75 Å². The summed E-state index contributed by atoms with van der Waals surface area (Å²) in [5.74, 6) is 0.182. The van der Waals surface area contributed by atoms with Crippen molar-refractivity contribution in [1.29, 1.82) is 5.26 Å². The summed E-state index contributed by atoms with van der Waals surface area (Å²) in [6, 6.07) is 13.8. The largest absolute Gasteiger partial charge is 0.389 e. The first-order valence-electron chi connectivity index (χ1n) is 6.19. The molecule has 1 N–H and O–H groups in total. The second-order valence-corrected chi connectivity index (χ2v) is 5.50. The molecule has 0 radical (unpaired) electrons. The van der Waals surface area contributed by atoms with Gasteiger partial charge in [-0.25, -0.2) is 4.39 Å². The van der Waals surface area contributed by atoms with Crippen LogP contribution in [0.15, 0.2) is 47.4 Å². The Labute approximate surface area is 121 Å². The molecule has 0 aromatic heterocycles. The van der Waals surface area contributed by atoms with Crippen molar-refractivity contribution in [2.75, 3.05) is 0 Å². The van der Waals surface area contributed by atoms with Gasteiger partial charge in [0.2, 0.25) is 0 Å². The summed E-state index contributed by atoms with van der Waals surface area (Å²) in [7, 11) is 0. The van der Waals surface area contributed by atoms with Crippen LogP contribution < -0.4 is 0 Å². The van der Waals surface area contributed by atoms with Crippen LogP contribution in [-0.4, -0.2) is 5.11 Å². The number of nitriles is 1. The topological polar surface area (TPSA) is 44.0 Å². The molecule has 102 valence electrons. The lowest BCUT2D eigenvalue weighted by molar-refractivity contribution is 0.199. The standard InChI is InChI=1S/C16H14FNOS/c1-11(19)12-3-2-4-16(8-12)20-10-14-7-15(17)6-5-13(14)9-18/h2-8,11,19H,10H2,1H3. The minimum atomic E-state index is -0.514. The summed E-state index contributed by atoms with van der Waals surface area (Å²) in [5, 5.41) is 18.6. The van der Waals surface area contributed by atoms with Gasteiger partial charge in [-0.3, -0.25) is 0 Å². The molecule has 2 aromatic carbocycles. The Morgan fingerprint density at radius 3 is 2.80 bits per heavy atom. The Balaban J connectivity index is 2.15. The van der Waals surface area contributed by atoms with Gasteiger partial charge in [0.15, 0.2) is 0 Å². The highest BCUT2D eigenvalue weighted by Crippen LogP contribution is 2.27. The van der Waals surface area contributed by atoms with E-state index in [0.29, 0.717) is 16.9 Å². The van der Waals surface area contributed by atoms with Gasteiger partial charge in [0.1, 0.15) is 5.82 Å². The second-order valence-electron chi connectivity index (χ2n) is 4.45. The maximum atomic E-state index is 13.2. The third-order valence-corrected chi connectivity index (χ3v) is 3.97. The van der Waals surface area contributed by atoms with Gasteiger partial charge in [-0.2, -0.15) is 5.26 Å². The normalized spacial score (nSPS) is 11.9. The lowest BCUT2D eigenvalue weighted by Crippen LogP contribution is -1.92. The van der Waals surface area contributed by atoms with Gasteiger partial charge < -0.3 is 5.11 Å². The number of halogens is 1. The highest BCUT2D eigenvalue weighted by molar-refractivity contribution is 7.98. The van der Waals surface area contributed by atoms with E-state index >= 15 is 0 Å². The van der Waals surface area contributed by atoms with E-state index in [9.17, 15) is 9.50 Å². The Kier molecular flexibility index (Phi) is 4.78. The molecule has 0 saturated heterocycles. The maximum absolute atomic E-state index is 13.2. The summed E-state index contributed by atoms with van der Waals surface area (Å²) >= 11 is 1.51. The van der Waals surface area contributed by atoms with Crippen molar-refractivity contribution < 1.29 is 9.50 Å². The molecule has 2 rings (SSSR count). The van der Waals surface area contributed by atoms with Gasteiger partial charge in [0, 0.05) is 10.6 Å². The van der Waals surface area contributed by atoms with Crippen molar-refractivity contribution in [3.63, 3.8) is 0 Å². The molecule has 0 aliphatic heterocycles. The fourth-order valence-electron chi connectivity index (χ4n) is 1.82. The number of benzene rings is 2. The van der Waals surface area contributed by atoms with E-state index in [1.54, 1.807) is 6.92 Å². The van der Waals surface area contributed by atoms with E-state index in [1.807, 2.05) is 24.3 Å². The van der Waals surface area contributed by atoms with E-state index in [-0.39, 0.29) is 5.82 Å². The monoisotopic (exact) mass is 287 g/mol. The zero-order valence-corrected chi connectivity index (χ0v) is 11.8. The third-order valence-electron chi connectivity index (χ3n) is 2.92. The zero-order chi connectivity index (χ0) is 14.5. The van der Waals surface area contributed by atoms with Crippen molar-refractivity contribution >= 4 is 11.8 Å². The first-order chi connectivity index (χ1) is 9.60. The molecule has 0 fully saturated rings. The zero-order valence-electron chi connectivity index (χ0n) is 11.0. The van der Waals surface area contributed by atoms with Crippen LogP contribution >= 0.6 is 11.8 Å². The third kappa shape index (κ3) is 3.60. The van der Waals surface area contributed by atoms with Crippen LogP contribution in [0.1, 0.15) is 29.7 Å². The number of aliphatic hydroxyl groups excluding tert-OH is 1. The first kappa shape index (κ1) is 14.6. The van der Waals surface area contributed by atoms with Crippen LogP contribution in [0, 0.1) is 17.1 Å². The predicted octanol–water partition coefficient (Wildman–Crippen LogP) is 4.04. The van der Waals surface area contributed by atoms with E-state index in [2.05, 4.69) is 6.07 Å². The van der Waals surface area contributed by atoms with E-state index in [4.69, 9.17) is 5.26 Å². The SMILES string of the molecule is CC(O)c1cccc(SCc2cc(F)ccc2C#N)c1. The fourth-order valence-corrected chi connectivity index (χ4v) is 2.77. The Bertz CT molecular complexity index is 649. The molecule has 0 amide bonds. The van der Waals surface area contributed by atoms with Crippen LogP contribution in [0.4, 0.5) is 4.39 Å². The average molecular weight is 287 g/mol. The van der Waals surface area contributed by atoms with Gasteiger partial charge in [-0.1, -0.05) is 12.1 Å². The number of aliphatic hydroxyl groups is 1. The lowest BCUT2D eigenvalue weighted by Gasteiger charge is -2.08. The number of hydrogen-bond donors (Lipinski definition) is 1. The summed E-state index contributed by atoms with van der Waals surface area (Å²) in [4.78, 5) is 0.983. The second kappa shape index (κ2) is 6.56. The molecule has 0 spiro atoms. The molecule has 1 unspecified atom stereocenters. The molecule has 0 bridgehead atoms. The lowest BCUT2D eigenvalue weighted by atomic mass is 10.1. The molecule has 1 atom stereocenters. The number of nitrogens with zero attached hydrogens (tertiary/aromatic N) is 1. The highest BCUT2D eigenvalue weighted by Gasteiger charge is 2.06. The molecule has 0 aliphatic carbocycles. The number of rotatable bonds is 4. The first-order valence-corrected chi connectivity index (χ1v) is 7.18. The molecule has 0 heterocycles. The van der Waals surface area contributed by atoms with Gasteiger partial charge in [-0.05, 0) is 48.4 Å². The van der Waals surface area contributed by atoms with Crippen molar-refractivity contribution in [3.05, 3.63) is 65.0 Å². The Hall–Kier alpha value is -1.83. The molecular formula is C16H14FNOS. The fraction of sp³-hybridized carbons (Fsp3) is 0.188. The van der Waals surface area contributed by atoms with Crippen LogP contribution in [0.5, 0.6) is 0 Å². The van der Waals surface area contributed by atoms with Gasteiger partial charge in [0.25, 0.3) is 0 Å². The molecule has 2 nitrogen and oxygen atoms in total. The van der Waals surface area contributed by atoms with Gasteiger partial charge >= 0.3 is 0 Å². The summed E-state index contributed by atoms with van der Waals surface area (Å²) in [6.45, 7) is 1.71. The predicted molar refractivity (Wildman–Crippen MR) is 77.8 cm³/mol. The van der Waals surface area contributed by atoms with E-state index in [1.165, 1.54) is 30.0 Å². The smallest absolute Gasteiger partial charge is 0.123 e. The molecular weight excluding hydrogens is 273 g/mol. The van der Waals surface area contributed by atoms with Crippen molar-refractivity contribution in [2.45, 2.75) is 23.7 Å². The molecule has 0 saturated carbocycles. The minimum absolute atomic E-state index is 0.336. The van der Waals surface area contributed by atoms with Crippen molar-refractivity contribution in [1.82, 2.24) is 0 Å². The summed E-state index contributed by atoms with van der Waals surface area (Å²) < 4.78 is 13.2. The highest BCUT2D eigenvalue weighted by atomic mass is 32.2. The summed E-state index contributed by atoms with van der Waals surface area (Å²) in [5.41, 5.74) is 2.01. The number of thioether (sulfide) groups is 1. The van der Waals surface area contributed by atoms with Crippen LogP contribution in [0.3, 0.4) is 0 Å². The van der Waals surface area contributed by atoms with Crippen molar-refractivity contribution in [3.8, 4) is 6.07 Å². The Morgan fingerprint density at radius 2 is 2.10 bits per heavy atom. The molecule has 0 aliphatic rings. The quantitative estimate of drug-likeness (QED) is 0.863. The molecule has 20 heavy (non-hydrogen) atoms.